The second-order valence-corrected chi connectivity index (χ2v) is 14.6. The summed E-state index contributed by atoms with van der Waals surface area (Å²) in [4.78, 5) is 26.5. The van der Waals surface area contributed by atoms with Crippen molar-refractivity contribution in [2.75, 3.05) is 0 Å². The van der Waals surface area contributed by atoms with Crippen LogP contribution in [0, 0.1) is 56.2 Å². The van der Waals surface area contributed by atoms with E-state index in [0.29, 0.717) is 23.0 Å². The Balaban J connectivity index is 1.66. The Kier molecular flexibility index (Phi) is 4.69. The normalized spacial score (nSPS) is 52.2. The van der Waals surface area contributed by atoms with Crippen LogP contribution in [0.3, 0.4) is 0 Å². The van der Waals surface area contributed by atoms with E-state index in [1.165, 1.54) is 24.8 Å². The van der Waals surface area contributed by atoms with Gasteiger partial charge in [-0.15, -0.1) is 0 Å². The number of fused-ring (bicyclic) bond motifs is 5. The molecule has 2 bridgehead atoms. The van der Waals surface area contributed by atoms with Crippen molar-refractivity contribution in [1.82, 2.24) is 0 Å². The number of rotatable bonds is 3. The minimum Gasteiger partial charge on any atom is -0.481 e. The summed E-state index contributed by atoms with van der Waals surface area (Å²) >= 11 is 0. The average Bonchev–Trinajstić information content (AvgIpc) is 3.07. The maximum absolute atomic E-state index is 14.4. The smallest absolute Gasteiger partial charge is 0.303 e. The van der Waals surface area contributed by atoms with Crippen molar-refractivity contribution in [3.8, 4) is 0 Å². The Morgan fingerprint density at radius 1 is 1.00 bits per heavy atom. The molecule has 0 unspecified atom stereocenters. The standard InChI is InChI=1S/C30H46O3/c1-18(2)19-9-10-21-26(19,5)13-14-28(7)22-12-11-20-25(3,4)24(33)30(22,16-15-27(21,28)6)29(20,8)17-23(31)32/h12,18-21H,9-11,13-17H2,1-8H3,(H,31,32)/t19-,20+,21-,26-,27+,28-,29+,30-/m1/s1. The summed E-state index contributed by atoms with van der Waals surface area (Å²) in [5, 5.41) is 9.99. The molecule has 4 fully saturated rings. The van der Waals surface area contributed by atoms with Gasteiger partial charge in [0.05, 0.1) is 11.8 Å². The van der Waals surface area contributed by atoms with Crippen LogP contribution < -0.4 is 0 Å². The number of aliphatic carboxylic acids is 1. The van der Waals surface area contributed by atoms with Gasteiger partial charge in [0.2, 0.25) is 0 Å². The average molecular weight is 455 g/mol. The summed E-state index contributed by atoms with van der Waals surface area (Å²) in [7, 11) is 0. The number of carbonyl (C=O) groups is 2. The SMILES string of the molecule is CC(C)[C@H]1CC[C@@H]2[C@]1(C)CC[C@]1(C)C3=CC[C@H]4C(C)(C)C(=O)[C@]3(CC[C@@]21C)[C@@]4(C)CC(=O)O. The van der Waals surface area contributed by atoms with Crippen LogP contribution in [0.4, 0.5) is 0 Å². The van der Waals surface area contributed by atoms with E-state index in [-0.39, 0.29) is 23.2 Å². The molecule has 3 nitrogen and oxygen atoms in total. The van der Waals surface area contributed by atoms with Crippen LogP contribution in [0.1, 0.15) is 107 Å². The molecule has 0 aliphatic heterocycles. The lowest BCUT2D eigenvalue weighted by Gasteiger charge is -2.69. The molecule has 0 aromatic heterocycles. The van der Waals surface area contributed by atoms with Gasteiger partial charge < -0.3 is 5.11 Å². The van der Waals surface area contributed by atoms with E-state index < -0.39 is 22.2 Å². The van der Waals surface area contributed by atoms with Crippen molar-refractivity contribution in [2.24, 2.45) is 56.2 Å². The van der Waals surface area contributed by atoms with Crippen molar-refractivity contribution >= 4 is 11.8 Å². The molecule has 0 saturated heterocycles. The van der Waals surface area contributed by atoms with Crippen LogP contribution in [0.25, 0.3) is 0 Å². The highest BCUT2D eigenvalue weighted by Crippen LogP contribution is 2.81. The van der Waals surface area contributed by atoms with Crippen molar-refractivity contribution in [3.63, 3.8) is 0 Å². The fourth-order valence-electron chi connectivity index (χ4n) is 11.6. The molecule has 0 radical (unpaired) electrons. The zero-order chi connectivity index (χ0) is 24.4. The molecule has 0 heterocycles. The third-order valence-electron chi connectivity index (χ3n) is 13.1. The largest absolute Gasteiger partial charge is 0.481 e. The molecule has 5 aliphatic rings. The van der Waals surface area contributed by atoms with Crippen molar-refractivity contribution in [2.45, 2.75) is 107 Å². The first-order valence-electron chi connectivity index (χ1n) is 13.6. The Labute approximate surface area is 201 Å². The van der Waals surface area contributed by atoms with Gasteiger partial charge in [0.1, 0.15) is 5.78 Å². The number of ketones is 1. The monoisotopic (exact) mass is 454 g/mol. The number of Topliss-reactive ketones (excluding diaryl/α,β-unsaturated/α-hetero) is 1. The molecular weight excluding hydrogens is 408 g/mol. The highest BCUT2D eigenvalue weighted by atomic mass is 16.4. The van der Waals surface area contributed by atoms with Crippen LogP contribution in [0.2, 0.25) is 0 Å². The zero-order valence-corrected chi connectivity index (χ0v) is 22.3. The minimum atomic E-state index is -0.751. The molecule has 0 aromatic carbocycles. The first-order valence-corrected chi connectivity index (χ1v) is 13.6. The summed E-state index contributed by atoms with van der Waals surface area (Å²) in [6.45, 7) is 18.8. The van der Waals surface area contributed by atoms with E-state index in [0.717, 1.165) is 31.6 Å². The quantitative estimate of drug-likeness (QED) is 0.455. The van der Waals surface area contributed by atoms with Crippen LogP contribution >= 0.6 is 0 Å². The van der Waals surface area contributed by atoms with Crippen LogP contribution in [0.15, 0.2) is 11.6 Å². The first-order chi connectivity index (χ1) is 15.1. The van der Waals surface area contributed by atoms with Gasteiger partial charge in [-0.3, -0.25) is 9.59 Å². The molecule has 33 heavy (non-hydrogen) atoms. The highest BCUT2D eigenvalue weighted by molar-refractivity contribution is 5.98. The van der Waals surface area contributed by atoms with E-state index in [1.54, 1.807) is 0 Å². The molecule has 184 valence electrons. The molecular formula is C30H46O3. The fraction of sp³-hybridized carbons (Fsp3) is 0.867. The number of carboxylic acids is 1. The lowest BCUT2D eigenvalue weighted by atomic mass is 9.34. The number of allylic oxidation sites excluding steroid dienone is 2. The highest BCUT2D eigenvalue weighted by Gasteiger charge is 2.78. The molecule has 3 heteroatoms. The lowest BCUT2D eigenvalue weighted by molar-refractivity contribution is -0.162. The van der Waals surface area contributed by atoms with Gasteiger partial charge in [-0.25, -0.2) is 0 Å². The van der Waals surface area contributed by atoms with Crippen LogP contribution in [0.5, 0.6) is 0 Å². The zero-order valence-electron chi connectivity index (χ0n) is 22.3. The van der Waals surface area contributed by atoms with E-state index in [1.807, 2.05) is 0 Å². The van der Waals surface area contributed by atoms with Crippen molar-refractivity contribution < 1.29 is 14.7 Å². The second kappa shape index (κ2) is 6.55. The lowest BCUT2D eigenvalue weighted by Crippen LogP contribution is -2.63. The number of carbonyl (C=O) groups excluding carboxylic acids is 1. The molecule has 0 aromatic rings. The number of hydrogen-bond acceptors (Lipinski definition) is 2. The maximum Gasteiger partial charge on any atom is 0.303 e. The van der Waals surface area contributed by atoms with Crippen LogP contribution in [-0.4, -0.2) is 16.9 Å². The molecule has 0 amide bonds. The molecule has 8 atom stereocenters. The van der Waals surface area contributed by atoms with Crippen molar-refractivity contribution in [3.05, 3.63) is 11.6 Å². The predicted octanol–water partition coefficient (Wildman–Crippen LogP) is 7.30. The van der Waals surface area contributed by atoms with E-state index >= 15 is 0 Å². The first kappa shape index (κ1) is 23.6. The summed E-state index contributed by atoms with van der Waals surface area (Å²) < 4.78 is 0. The van der Waals surface area contributed by atoms with Crippen LogP contribution in [-0.2, 0) is 9.59 Å². The minimum absolute atomic E-state index is 0.0257. The summed E-state index contributed by atoms with van der Waals surface area (Å²) in [6.07, 6.45) is 10.3. The predicted molar refractivity (Wildman–Crippen MR) is 132 cm³/mol. The van der Waals surface area contributed by atoms with Gasteiger partial charge in [-0.2, -0.15) is 0 Å². The topological polar surface area (TPSA) is 54.4 Å². The fourth-order valence-corrected chi connectivity index (χ4v) is 11.6. The van der Waals surface area contributed by atoms with Gasteiger partial charge in [0.25, 0.3) is 0 Å². The molecule has 4 saturated carbocycles. The van der Waals surface area contributed by atoms with Crippen molar-refractivity contribution in [1.29, 1.82) is 0 Å². The number of carboxylic acid groups (broad SMARTS) is 1. The Bertz CT molecular complexity index is 944. The van der Waals surface area contributed by atoms with Gasteiger partial charge >= 0.3 is 5.97 Å². The van der Waals surface area contributed by atoms with Gasteiger partial charge in [-0.05, 0) is 90.3 Å². The number of hydrogen-bond donors (Lipinski definition) is 1. The summed E-state index contributed by atoms with van der Waals surface area (Å²) in [6, 6.07) is 0. The van der Waals surface area contributed by atoms with E-state index in [2.05, 4.69) is 61.5 Å². The molecule has 5 aliphatic carbocycles. The van der Waals surface area contributed by atoms with E-state index in [4.69, 9.17) is 0 Å². The molecule has 1 spiro atoms. The Morgan fingerprint density at radius 3 is 2.27 bits per heavy atom. The van der Waals surface area contributed by atoms with Gasteiger partial charge in [0.15, 0.2) is 0 Å². The van der Waals surface area contributed by atoms with Gasteiger partial charge in [-0.1, -0.05) is 67.0 Å². The summed E-state index contributed by atoms with van der Waals surface area (Å²) in [5.74, 6) is 1.88. The van der Waals surface area contributed by atoms with Gasteiger partial charge in [0, 0.05) is 5.41 Å². The Hall–Kier alpha value is -1.12. The summed E-state index contributed by atoms with van der Waals surface area (Å²) in [5.41, 5.74) is 0.321. The third kappa shape index (κ3) is 2.39. The molecule has 1 N–H and O–H groups in total. The maximum atomic E-state index is 14.4. The van der Waals surface area contributed by atoms with E-state index in [9.17, 15) is 14.7 Å². The third-order valence-corrected chi connectivity index (χ3v) is 13.1. The Morgan fingerprint density at radius 2 is 1.67 bits per heavy atom. The molecule has 5 rings (SSSR count). The second-order valence-electron chi connectivity index (χ2n) is 14.6.